The number of halogens is 2. The van der Waals surface area contributed by atoms with E-state index >= 15 is 0 Å². The van der Waals surface area contributed by atoms with Crippen molar-refractivity contribution in [3.63, 3.8) is 0 Å². The van der Waals surface area contributed by atoms with Crippen LogP contribution in [0.15, 0.2) is 59.9 Å². The van der Waals surface area contributed by atoms with Gasteiger partial charge in [-0.25, -0.2) is 13.4 Å². The molecule has 0 atom stereocenters. The zero-order valence-electron chi connectivity index (χ0n) is 15.5. The number of carbonyl (C=O) groups is 1. The first-order valence-electron chi connectivity index (χ1n) is 8.67. The van der Waals surface area contributed by atoms with Crippen LogP contribution >= 0.6 is 23.2 Å². The van der Waals surface area contributed by atoms with Crippen LogP contribution in [0.3, 0.4) is 0 Å². The van der Waals surface area contributed by atoms with Gasteiger partial charge in [-0.3, -0.25) is 14.5 Å². The number of anilines is 1. The van der Waals surface area contributed by atoms with Crippen LogP contribution in [0.5, 0.6) is 0 Å². The molecule has 0 radical (unpaired) electrons. The molecule has 7 nitrogen and oxygen atoms in total. The fourth-order valence-electron chi connectivity index (χ4n) is 2.96. The fourth-order valence-corrected chi connectivity index (χ4v) is 4.41. The number of benzene rings is 1. The number of nitrogens with zero attached hydrogens (tertiary/aromatic N) is 2. The molecule has 0 aliphatic rings. The van der Waals surface area contributed by atoms with Crippen LogP contribution in [-0.4, -0.2) is 29.2 Å². The molecular formula is C20H14Cl2N4O3S. The number of fused-ring (bicyclic) bond motifs is 1. The number of hydrogen-bond donors (Lipinski definition) is 2. The summed E-state index contributed by atoms with van der Waals surface area (Å²) < 4.78 is 28.2. The van der Waals surface area contributed by atoms with Gasteiger partial charge in [0.25, 0.3) is 10.0 Å². The number of carbonyl (C=O) groups excluding carboxylic acids is 1. The van der Waals surface area contributed by atoms with Crippen LogP contribution in [0.4, 0.5) is 5.69 Å². The Balaban J connectivity index is 1.78. The monoisotopic (exact) mass is 460 g/mol. The molecule has 0 fully saturated rings. The molecular weight excluding hydrogens is 447 g/mol. The van der Waals surface area contributed by atoms with Gasteiger partial charge in [-0.1, -0.05) is 23.2 Å². The predicted molar refractivity (Wildman–Crippen MR) is 116 cm³/mol. The van der Waals surface area contributed by atoms with E-state index in [2.05, 4.69) is 19.7 Å². The second kappa shape index (κ2) is 7.71. The first-order valence-corrected chi connectivity index (χ1v) is 10.9. The number of pyridine rings is 2. The molecule has 0 spiro atoms. The van der Waals surface area contributed by atoms with E-state index in [0.717, 1.165) is 0 Å². The molecule has 2 N–H and O–H groups in total. The van der Waals surface area contributed by atoms with Crippen LogP contribution in [0.2, 0.25) is 10.0 Å². The first-order chi connectivity index (χ1) is 14.3. The minimum atomic E-state index is -4.04. The Hall–Kier alpha value is -2.94. The molecule has 3 heterocycles. The van der Waals surface area contributed by atoms with Gasteiger partial charge in [-0.05, 0) is 48.9 Å². The molecule has 0 saturated heterocycles. The summed E-state index contributed by atoms with van der Waals surface area (Å²) in [6, 6.07) is 8.79. The Kier molecular flexibility index (Phi) is 5.23. The van der Waals surface area contributed by atoms with E-state index in [0.29, 0.717) is 22.2 Å². The van der Waals surface area contributed by atoms with Crippen molar-refractivity contribution in [2.24, 2.45) is 0 Å². The highest BCUT2D eigenvalue weighted by atomic mass is 35.5. The highest BCUT2D eigenvalue weighted by molar-refractivity contribution is 7.92. The minimum absolute atomic E-state index is 0.0297. The van der Waals surface area contributed by atoms with Crippen LogP contribution in [-0.2, 0) is 10.0 Å². The van der Waals surface area contributed by atoms with E-state index < -0.39 is 15.8 Å². The van der Waals surface area contributed by atoms with E-state index in [4.69, 9.17) is 23.2 Å². The second-order valence-electron chi connectivity index (χ2n) is 6.52. The maximum Gasteiger partial charge on any atom is 0.262 e. The third kappa shape index (κ3) is 3.77. The second-order valence-corrected chi connectivity index (χ2v) is 9.01. The van der Waals surface area contributed by atoms with Crippen LogP contribution in [0, 0.1) is 6.92 Å². The highest BCUT2D eigenvalue weighted by Crippen LogP contribution is 2.28. The Bertz CT molecular complexity index is 1400. The Morgan fingerprint density at radius 2 is 1.87 bits per heavy atom. The summed E-state index contributed by atoms with van der Waals surface area (Å²) >= 11 is 11.8. The van der Waals surface area contributed by atoms with Crippen molar-refractivity contribution in [3.05, 3.63) is 81.9 Å². The number of aromatic amines is 1. The minimum Gasteiger partial charge on any atom is -0.346 e. The summed E-state index contributed by atoms with van der Waals surface area (Å²) in [5, 5.41) is 0.949. The molecule has 0 aliphatic heterocycles. The van der Waals surface area contributed by atoms with E-state index in [9.17, 15) is 13.2 Å². The number of rotatable bonds is 5. The lowest BCUT2D eigenvalue weighted by Gasteiger charge is -2.13. The molecule has 0 saturated carbocycles. The van der Waals surface area contributed by atoms with Crippen molar-refractivity contribution in [1.29, 1.82) is 0 Å². The fraction of sp³-hybridized carbons (Fsp3) is 0.0500. The summed E-state index contributed by atoms with van der Waals surface area (Å²) in [6.45, 7) is 1.75. The van der Waals surface area contributed by atoms with Crippen molar-refractivity contribution in [2.75, 3.05) is 4.72 Å². The summed E-state index contributed by atoms with van der Waals surface area (Å²) in [5.41, 5.74) is 1.61. The van der Waals surface area contributed by atoms with Crippen molar-refractivity contribution in [1.82, 2.24) is 15.0 Å². The molecule has 0 bridgehead atoms. The Labute approximate surface area is 182 Å². The van der Waals surface area contributed by atoms with Gasteiger partial charge in [0.1, 0.15) is 11.3 Å². The molecule has 152 valence electrons. The Morgan fingerprint density at radius 3 is 2.63 bits per heavy atom. The predicted octanol–water partition coefficient (Wildman–Crippen LogP) is 4.60. The van der Waals surface area contributed by atoms with Gasteiger partial charge < -0.3 is 4.98 Å². The normalized spacial score (nSPS) is 11.6. The van der Waals surface area contributed by atoms with E-state index in [1.807, 2.05) is 0 Å². The quantitative estimate of drug-likeness (QED) is 0.423. The van der Waals surface area contributed by atoms with Gasteiger partial charge in [0.05, 0.1) is 20.6 Å². The molecule has 10 heteroatoms. The summed E-state index contributed by atoms with van der Waals surface area (Å²) in [7, 11) is -4.04. The smallest absolute Gasteiger partial charge is 0.262 e. The largest absolute Gasteiger partial charge is 0.346 e. The standard InChI is InChI=1S/C20H14Cl2N4O3S/c1-11-8-17(26-30(28,29)12-2-3-15(21)16(22)9-12)18(25-10-11)19(27)13-4-6-23-20-14(13)5-7-24-20/h2-10,26H,1H3,(H,23,24). The number of ketones is 1. The van der Waals surface area contributed by atoms with Gasteiger partial charge in [0.2, 0.25) is 5.78 Å². The number of aromatic nitrogens is 3. The van der Waals surface area contributed by atoms with Gasteiger partial charge in [0.15, 0.2) is 0 Å². The number of nitrogens with one attached hydrogen (secondary N) is 2. The van der Waals surface area contributed by atoms with Gasteiger partial charge >= 0.3 is 0 Å². The SMILES string of the molecule is Cc1cnc(C(=O)c2ccnc3[nH]ccc23)c(NS(=O)(=O)c2ccc(Cl)c(Cl)c2)c1. The zero-order valence-corrected chi connectivity index (χ0v) is 17.8. The van der Waals surface area contributed by atoms with Crippen LogP contribution in [0.1, 0.15) is 21.6 Å². The topological polar surface area (TPSA) is 105 Å². The average Bonchev–Trinajstić information content (AvgIpc) is 3.18. The van der Waals surface area contributed by atoms with Crippen molar-refractivity contribution >= 4 is 55.7 Å². The van der Waals surface area contributed by atoms with Crippen LogP contribution in [0.25, 0.3) is 11.0 Å². The molecule has 4 rings (SSSR count). The summed E-state index contributed by atoms with van der Waals surface area (Å²) in [6.07, 6.45) is 4.67. The summed E-state index contributed by atoms with van der Waals surface area (Å²) in [4.78, 5) is 24.5. The third-order valence-electron chi connectivity index (χ3n) is 4.39. The molecule has 4 aromatic rings. The van der Waals surface area contributed by atoms with Crippen molar-refractivity contribution in [3.8, 4) is 0 Å². The Morgan fingerprint density at radius 1 is 1.07 bits per heavy atom. The third-order valence-corrected chi connectivity index (χ3v) is 6.49. The molecule has 1 aromatic carbocycles. The van der Waals surface area contributed by atoms with Gasteiger partial charge in [-0.15, -0.1) is 0 Å². The van der Waals surface area contributed by atoms with Crippen molar-refractivity contribution < 1.29 is 13.2 Å². The highest BCUT2D eigenvalue weighted by Gasteiger charge is 2.23. The first kappa shape index (κ1) is 20.3. The molecule has 0 unspecified atom stereocenters. The molecule has 30 heavy (non-hydrogen) atoms. The van der Waals surface area contributed by atoms with Gasteiger partial charge in [0, 0.05) is 29.5 Å². The number of hydrogen-bond acceptors (Lipinski definition) is 5. The summed E-state index contributed by atoms with van der Waals surface area (Å²) in [5.74, 6) is -0.436. The lowest BCUT2D eigenvalue weighted by Crippen LogP contribution is -2.17. The lowest BCUT2D eigenvalue weighted by molar-refractivity contribution is 0.103. The van der Waals surface area contributed by atoms with Gasteiger partial charge in [-0.2, -0.15) is 0 Å². The number of sulfonamides is 1. The maximum absolute atomic E-state index is 13.2. The van der Waals surface area contributed by atoms with E-state index in [1.54, 1.807) is 31.3 Å². The average molecular weight is 461 g/mol. The lowest BCUT2D eigenvalue weighted by atomic mass is 10.0. The zero-order chi connectivity index (χ0) is 21.5. The number of aryl methyl sites for hydroxylation is 1. The van der Waals surface area contributed by atoms with Crippen molar-refractivity contribution in [2.45, 2.75) is 11.8 Å². The molecule has 3 aromatic heterocycles. The molecule has 0 aliphatic carbocycles. The van der Waals surface area contributed by atoms with E-state index in [1.165, 1.54) is 30.6 Å². The maximum atomic E-state index is 13.2. The van der Waals surface area contributed by atoms with Crippen LogP contribution < -0.4 is 4.72 Å². The number of H-pyrrole nitrogens is 1. The molecule has 0 amide bonds. The van der Waals surface area contributed by atoms with E-state index in [-0.39, 0.29) is 26.3 Å².